The molecule has 0 saturated carbocycles. The number of ether oxygens (including phenoxy) is 2. The molecule has 102 valence electrons. The van der Waals surface area contributed by atoms with Gasteiger partial charge in [-0.2, -0.15) is 0 Å². The van der Waals surface area contributed by atoms with Crippen LogP contribution in [0.15, 0.2) is 18.2 Å². The van der Waals surface area contributed by atoms with Crippen molar-refractivity contribution in [2.24, 2.45) is 0 Å². The van der Waals surface area contributed by atoms with Crippen molar-refractivity contribution in [3.05, 3.63) is 29.6 Å². The maximum Gasteiger partial charge on any atom is 0.165 e. The highest BCUT2D eigenvalue weighted by Crippen LogP contribution is 2.18. The van der Waals surface area contributed by atoms with Gasteiger partial charge in [-0.25, -0.2) is 4.39 Å². The minimum atomic E-state index is -0.304. The predicted octanol–water partition coefficient (Wildman–Crippen LogP) is 2.74. The third-order valence-electron chi connectivity index (χ3n) is 2.47. The molecule has 1 N–H and O–H groups in total. The molecular formula is C14H22FNO2. The predicted molar refractivity (Wildman–Crippen MR) is 70.4 cm³/mol. The minimum Gasteiger partial charge on any atom is -0.490 e. The van der Waals surface area contributed by atoms with Gasteiger partial charge in [-0.05, 0) is 31.2 Å². The normalized spacial score (nSPS) is 10.6. The van der Waals surface area contributed by atoms with Crippen molar-refractivity contribution in [2.75, 3.05) is 26.4 Å². The van der Waals surface area contributed by atoms with Gasteiger partial charge in [-0.15, -0.1) is 0 Å². The third kappa shape index (κ3) is 5.47. The molecule has 0 heterocycles. The van der Waals surface area contributed by atoms with Crippen LogP contribution in [0, 0.1) is 5.82 Å². The zero-order valence-electron chi connectivity index (χ0n) is 11.2. The molecule has 1 aromatic rings. The Kier molecular flexibility index (Phi) is 7.37. The molecular weight excluding hydrogens is 233 g/mol. The molecule has 0 unspecified atom stereocenters. The molecule has 0 saturated heterocycles. The second-order valence-electron chi connectivity index (χ2n) is 3.94. The Balaban J connectivity index is 2.37. The van der Waals surface area contributed by atoms with Crippen LogP contribution < -0.4 is 10.1 Å². The Hall–Kier alpha value is -1.13. The highest BCUT2D eigenvalue weighted by atomic mass is 19.1. The summed E-state index contributed by atoms with van der Waals surface area (Å²) < 4.78 is 24.2. The van der Waals surface area contributed by atoms with E-state index in [1.165, 1.54) is 6.07 Å². The largest absolute Gasteiger partial charge is 0.490 e. The van der Waals surface area contributed by atoms with Crippen molar-refractivity contribution in [2.45, 2.75) is 26.8 Å². The second kappa shape index (κ2) is 8.89. The number of halogens is 1. The minimum absolute atomic E-state index is 0.304. The van der Waals surface area contributed by atoms with E-state index in [1.54, 1.807) is 6.07 Å². The summed E-state index contributed by atoms with van der Waals surface area (Å²) in [6.45, 7) is 7.35. The first kappa shape index (κ1) is 14.9. The Morgan fingerprint density at radius 1 is 1.22 bits per heavy atom. The van der Waals surface area contributed by atoms with Crippen molar-refractivity contribution >= 4 is 0 Å². The quantitative estimate of drug-likeness (QED) is 0.688. The van der Waals surface area contributed by atoms with Crippen LogP contribution in [0.25, 0.3) is 0 Å². The summed E-state index contributed by atoms with van der Waals surface area (Å²) in [4.78, 5) is 0. The third-order valence-corrected chi connectivity index (χ3v) is 2.47. The van der Waals surface area contributed by atoms with Crippen molar-refractivity contribution in [1.29, 1.82) is 0 Å². The van der Waals surface area contributed by atoms with Gasteiger partial charge in [-0.3, -0.25) is 0 Å². The maximum absolute atomic E-state index is 13.7. The van der Waals surface area contributed by atoms with Gasteiger partial charge in [0.05, 0.1) is 6.61 Å². The lowest BCUT2D eigenvalue weighted by Crippen LogP contribution is -2.12. The lowest BCUT2D eigenvalue weighted by atomic mass is 10.2. The van der Waals surface area contributed by atoms with E-state index >= 15 is 0 Å². The maximum atomic E-state index is 13.7. The summed E-state index contributed by atoms with van der Waals surface area (Å²) in [6, 6.07) is 5.08. The molecule has 18 heavy (non-hydrogen) atoms. The van der Waals surface area contributed by atoms with E-state index in [1.807, 2.05) is 19.9 Å². The Morgan fingerprint density at radius 3 is 2.72 bits per heavy atom. The molecule has 4 heteroatoms. The second-order valence-corrected chi connectivity index (χ2v) is 3.94. The lowest BCUT2D eigenvalue weighted by Gasteiger charge is -2.09. The summed E-state index contributed by atoms with van der Waals surface area (Å²) >= 11 is 0. The van der Waals surface area contributed by atoms with Crippen molar-refractivity contribution in [3.8, 4) is 5.75 Å². The van der Waals surface area contributed by atoms with Crippen molar-refractivity contribution in [3.63, 3.8) is 0 Å². The molecule has 0 fully saturated rings. The van der Waals surface area contributed by atoms with Crippen LogP contribution in [0.2, 0.25) is 0 Å². The van der Waals surface area contributed by atoms with Crippen LogP contribution in [-0.2, 0) is 11.3 Å². The fourth-order valence-corrected chi connectivity index (χ4v) is 1.53. The monoisotopic (exact) mass is 255 g/mol. The van der Waals surface area contributed by atoms with E-state index in [4.69, 9.17) is 9.47 Å². The first-order chi connectivity index (χ1) is 8.77. The van der Waals surface area contributed by atoms with Gasteiger partial charge in [-0.1, -0.05) is 13.0 Å². The van der Waals surface area contributed by atoms with Crippen molar-refractivity contribution < 1.29 is 13.9 Å². The topological polar surface area (TPSA) is 30.5 Å². The molecule has 0 atom stereocenters. The molecule has 0 aliphatic heterocycles. The highest BCUT2D eigenvalue weighted by molar-refractivity contribution is 5.29. The van der Waals surface area contributed by atoms with E-state index in [9.17, 15) is 4.39 Å². The van der Waals surface area contributed by atoms with E-state index in [2.05, 4.69) is 5.32 Å². The molecule has 0 aromatic heterocycles. The standard InChI is InChI=1S/C14H22FNO2/c1-3-16-11-12-6-7-14(13(15)10-12)18-9-5-8-17-4-2/h6-7,10,16H,3-5,8-9,11H2,1-2H3. The van der Waals surface area contributed by atoms with E-state index in [-0.39, 0.29) is 5.82 Å². The molecule has 1 aromatic carbocycles. The molecule has 0 bridgehead atoms. The summed E-state index contributed by atoms with van der Waals surface area (Å²) in [7, 11) is 0. The van der Waals surface area contributed by atoms with E-state index < -0.39 is 0 Å². The Labute approximate surface area is 108 Å². The lowest BCUT2D eigenvalue weighted by molar-refractivity contribution is 0.130. The van der Waals surface area contributed by atoms with Gasteiger partial charge in [0.25, 0.3) is 0 Å². The number of nitrogens with one attached hydrogen (secondary N) is 1. The Bertz CT molecular complexity index is 345. The number of benzene rings is 1. The fourth-order valence-electron chi connectivity index (χ4n) is 1.53. The van der Waals surface area contributed by atoms with Gasteiger partial charge < -0.3 is 14.8 Å². The summed E-state index contributed by atoms with van der Waals surface area (Å²) in [6.07, 6.45) is 0.770. The van der Waals surface area contributed by atoms with Crippen LogP contribution in [-0.4, -0.2) is 26.4 Å². The number of hydrogen-bond acceptors (Lipinski definition) is 3. The molecule has 1 rings (SSSR count). The van der Waals surface area contributed by atoms with Gasteiger partial charge in [0.15, 0.2) is 11.6 Å². The van der Waals surface area contributed by atoms with Crippen LogP contribution in [0.3, 0.4) is 0 Å². The first-order valence-electron chi connectivity index (χ1n) is 6.47. The SMILES string of the molecule is CCNCc1ccc(OCCCOCC)c(F)c1. The summed E-state index contributed by atoms with van der Waals surface area (Å²) in [5.74, 6) is 0.00793. The molecule has 0 aliphatic carbocycles. The number of hydrogen-bond donors (Lipinski definition) is 1. The number of rotatable bonds is 9. The zero-order valence-corrected chi connectivity index (χ0v) is 11.2. The molecule has 0 spiro atoms. The molecule has 0 aliphatic rings. The average Bonchev–Trinajstić information content (AvgIpc) is 2.38. The summed E-state index contributed by atoms with van der Waals surface area (Å²) in [5.41, 5.74) is 0.927. The van der Waals surface area contributed by atoms with Crippen LogP contribution in [0.5, 0.6) is 5.75 Å². The van der Waals surface area contributed by atoms with Gasteiger partial charge in [0, 0.05) is 26.2 Å². The highest BCUT2D eigenvalue weighted by Gasteiger charge is 2.04. The van der Waals surface area contributed by atoms with Crippen LogP contribution >= 0.6 is 0 Å². The summed E-state index contributed by atoms with van der Waals surface area (Å²) in [5, 5.41) is 3.15. The molecule has 0 radical (unpaired) electrons. The zero-order chi connectivity index (χ0) is 13.2. The molecule has 0 amide bonds. The van der Waals surface area contributed by atoms with Gasteiger partial charge in [0.1, 0.15) is 0 Å². The Morgan fingerprint density at radius 2 is 2.06 bits per heavy atom. The van der Waals surface area contributed by atoms with Crippen LogP contribution in [0.1, 0.15) is 25.8 Å². The first-order valence-corrected chi connectivity index (χ1v) is 6.47. The van der Waals surface area contributed by atoms with E-state index in [0.29, 0.717) is 32.1 Å². The van der Waals surface area contributed by atoms with Gasteiger partial charge >= 0.3 is 0 Å². The average molecular weight is 255 g/mol. The van der Waals surface area contributed by atoms with Crippen LogP contribution in [0.4, 0.5) is 4.39 Å². The van der Waals surface area contributed by atoms with E-state index in [0.717, 1.165) is 18.5 Å². The molecule has 3 nitrogen and oxygen atoms in total. The van der Waals surface area contributed by atoms with Crippen molar-refractivity contribution in [1.82, 2.24) is 5.32 Å². The fraction of sp³-hybridized carbons (Fsp3) is 0.571. The van der Waals surface area contributed by atoms with Gasteiger partial charge in [0.2, 0.25) is 0 Å². The smallest absolute Gasteiger partial charge is 0.165 e.